The van der Waals surface area contributed by atoms with Crippen molar-refractivity contribution in [3.8, 4) is 0 Å². The van der Waals surface area contributed by atoms with E-state index >= 15 is 0 Å². The number of ether oxygens (including phenoxy) is 3. The lowest BCUT2D eigenvalue weighted by molar-refractivity contribution is -0.152. The number of nitrogens with zero attached hydrogens (tertiary/aromatic N) is 1. The molecule has 15 heavy (non-hydrogen) atoms. The van der Waals surface area contributed by atoms with E-state index in [-0.39, 0.29) is 18.8 Å². The highest BCUT2D eigenvalue weighted by Crippen LogP contribution is 2.12. The number of hydrogen-bond donors (Lipinski definition) is 1. The summed E-state index contributed by atoms with van der Waals surface area (Å²) >= 11 is 0. The molecule has 0 aliphatic carbocycles. The van der Waals surface area contributed by atoms with Crippen LogP contribution in [0.5, 0.6) is 0 Å². The minimum atomic E-state index is 0.130. The molecule has 0 spiro atoms. The Kier molecular flexibility index (Phi) is 4.34. The molecular weight excluding hydrogens is 198 g/mol. The topological polar surface area (TPSA) is 51.2 Å². The quantitative estimate of drug-likeness (QED) is 0.687. The van der Waals surface area contributed by atoms with Crippen LogP contribution in [0.15, 0.2) is 0 Å². The van der Waals surface area contributed by atoms with Crippen LogP contribution in [0.4, 0.5) is 0 Å². The van der Waals surface area contributed by atoms with Crippen LogP contribution in [0.25, 0.3) is 0 Å². The van der Waals surface area contributed by atoms with Crippen molar-refractivity contribution in [1.29, 1.82) is 0 Å². The largest absolute Gasteiger partial charge is 0.395 e. The van der Waals surface area contributed by atoms with Crippen LogP contribution in [0, 0.1) is 0 Å². The summed E-state index contributed by atoms with van der Waals surface area (Å²) < 4.78 is 15.9. The lowest BCUT2D eigenvalue weighted by Crippen LogP contribution is -2.51. The summed E-state index contributed by atoms with van der Waals surface area (Å²) in [7, 11) is 0. The van der Waals surface area contributed by atoms with Gasteiger partial charge in [0.2, 0.25) is 0 Å². The van der Waals surface area contributed by atoms with Gasteiger partial charge >= 0.3 is 0 Å². The molecule has 88 valence electrons. The molecule has 0 radical (unpaired) electrons. The van der Waals surface area contributed by atoms with E-state index in [0.29, 0.717) is 13.4 Å². The zero-order chi connectivity index (χ0) is 10.5. The van der Waals surface area contributed by atoms with Gasteiger partial charge in [-0.05, 0) is 6.42 Å². The lowest BCUT2D eigenvalue weighted by Gasteiger charge is -2.37. The molecule has 0 saturated carbocycles. The maximum absolute atomic E-state index is 9.20. The Hall–Kier alpha value is -0.200. The first-order valence-electron chi connectivity index (χ1n) is 5.52. The Balaban J connectivity index is 1.79. The molecule has 2 heterocycles. The van der Waals surface area contributed by atoms with Crippen molar-refractivity contribution in [2.24, 2.45) is 0 Å². The standard InChI is InChI=1S/C10H19NO4/c12-6-9-7-13-4-2-11(9)5-10-1-3-14-8-15-10/h9-10,12H,1-8H2. The van der Waals surface area contributed by atoms with Crippen molar-refractivity contribution in [2.45, 2.75) is 18.6 Å². The van der Waals surface area contributed by atoms with Crippen molar-refractivity contribution in [2.75, 3.05) is 46.3 Å². The van der Waals surface area contributed by atoms with Gasteiger partial charge in [-0.2, -0.15) is 0 Å². The molecule has 2 unspecified atom stereocenters. The van der Waals surface area contributed by atoms with E-state index in [1.54, 1.807) is 0 Å². The van der Waals surface area contributed by atoms with E-state index < -0.39 is 0 Å². The zero-order valence-corrected chi connectivity index (χ0v) is 8.93. The van der Waals surface area contributed by atoms with Gasteiger partial charge in [-0.3, -0.25) is 4.90 Å². The van der Waals surface area contributed by atoms with Crippen LogP contribution in [-0.2, 0) is 14.2 Å². The smallest absolute Gasteiger partial charge is 0.147 e. The molecule has 2 aliphatic heterocycles. The molecule has 1 N–H and O–H groups in total. The Bertz CT molecular complexity index is 184. The molecule has 5 heteroatoms. The zero-order valence-electron chi connectivity index (χ0n) is 8.93. The fourth-order valence-electron chi connectivity index (χ4n) is 2.00. The van der Waals surface area contributed by atoms with Crippen LogP contribution in [-0.4, -0.2) is 68.5 Å². The average Bonchev–Trinajstić information content (AvgIpc) is 2.31. The molecule has 0 bridgehead atoms. The third kappa shape index (κ3) is 3.12. The number of hydrogen-bond acceptors (Lipinski definition) is 5. The van der Waals surface area contributed by atoms with E-state index in [2.05, 4.69) is 4.90 Å². The van der Waals surface area contributed by atoms with E-state index in [1.165, 1.54) is 0 Å². The Morgan fingerprint density at radius 3 is 2.93 bits per heavy atom. The third-order valence-electron chi connectivity index (χ3n) is 2.97. The molecule has 2 fully saturated rings. The van der Waals surface area contributed by atoms with Gasteiger partial charge in [0.1, 0.15) is 6.79 Å². The van der Waals surface area contributed by atoms with Crippen LogP contribution >= 0.6 is 0 Å². The highest BCUT2D eigenvalue weighted by atomic mass is 16.7. The average molecular weight is 217 g/mol. The summed E-state index contributed by atoms with van der Waals surface area (Å²) in [5.74, 6) is 0. The van der Waals surface area contributed by atoms with E-state index in [9.17, 15) is 5.11 Å². The number of rotatable bonds is 3. The fourth-order valence-corrected chi connectivity index (χ4v) is 2.00. The van der Waals surface area contributed by atoms with Crippen LogP contribution in [0.3, 0.4) is 0 Å². The number of aliphatic hydroxyl groups is 1. The molecule has 0 amide bonds. The Labute approximate surface area is 89.9 Å². The number of aliphatic hydroxyl groups excluding tert-OH is 1. The van der Waals surface area contributed by atoms with Crippen LogP contribution in [0.1, 0.15) is 6.42 Å². The highest BCUT2D eigenvalue weighted by Gasteiger charge is 2.26. The van der Waals surface area contributed by atoms with Crippen molar-refractivity contribution in [1.82, 2.24) is 4.90 Å². The Morgan fingerprint density at radius 2 is 2.20 bits per heavy atom. The summed E-state index contributed by atoms with van der Waals surface area (Å²) in [6.45, 7) is 4.46. The molecule has 5 nitrogen and oxygen atoms in total. The molecular formula is C10H19NO4. The van der Waals surface area contributed by atoms with Gasteiger partial charge in [0.25, 0.3) is 0 Å². The first kappa shape index (κ1) is 11.3. The molecule has 2 saturated heterocycles. The number of morpholine rings is 1. The second-order valence-corrected chi connectivity index (χ2v) is 4.01. The summed E-state index contributed by atoms with van der Waals surface area (Å²) in [4.78, 5) is 2.25. The third-order valence-corrected chi connectivity index (χ3v) is 2.97. The second-order valence-electron chi connectivity index (χ2n) is 4.01. The van der Waals surface area contributed by atoms with Crippen molar-refractivity contribution in [3.05, 3.63) is 0 Å². The summed E-state index contributed by atoms with van der Waals surface area (Å²) in [5, 5.41) is 9.20. The first-order chi connectivity index (χ1) is 7.40. The second kappa shape index (κ2) is 5.77. The van der Waals surface area contributed by atoms with Crippen molar-refractivity contribution >= 4 is 0 Å². The van der Waals surface area contributed by atoms with Gasteiger partial charge in [0, 0.05) is 13.1 Å². The maximum Gasteiger partial charge on any atom is 0.147 e. The van der Waals surface area contributed by atoms with E-state index in [1.807, 2.05) is 0 Å². The molecule has 0 aromatic rings. The predicted molar refractivity (Wildman–Crippen MR) is 53.6 cm³/mol. The van der Waals surface area contributed by atoms with Gasteiger partial charge in [0.05, 0.1) is 38.6 Å². The lowest BCUT2D eigenvalue weighted by atomic mass is 10.2. The molecule has 2 aliphatic rings. The van der Waals surface area contributed by atoms with Gasteiger partial charge in [0.15, 0.2) is 0 Å². The summed E-state index contributed by atoms with van der Waals surface area (Å²) in [6.07, 6.45) is 1.18. The minimum Gasteiger partial charge on any atom is -0.395 e. The van der Waals surface area contributed by atoms with Crippen molar-refractivity contribution < 1.29 is 19.3 Å². The van der Waals surface area contributed by atoms with Crippen molar-refractivity contribution in [3.63, 3.8) is 0 Å². The van der Waals surface area contributed by atoms with Crippen LogP contribution < -0.4 is 0 Å². The van der Waals surface area contributed by atoms with Gasteiger partial charge in [-0.1, -0.05) is 0 Å². The highest BCUT2D eigenvalue weighted by molar-refractivity contribution is 4.77. The minimum absolute atomic E-state index is 0.130. The van der Waals surface area contributed by atoms with Crippen LogP contribution in [0.2, 0.25) is 0 Å². The molecule has 0 aromatic carbocycles. The normalized spacial score (nSPS) is 34.2. The summed E-state index contributed by atoms with van der Waals surface area (Å²) in [5.41, 5.74) is 0. The molecule has 0 aromatic heterocycles. The maximum atomic E-state index is 9.20. The fraction of sp³-hybridized carbons (Fsp3) is 1.00. The van der Waals surface area contributed by atoms with E-state index in [4.69, 9.17) is 14.2 Å². The molecule has 2 rings (SSSR count). The first-order valence-corrected chi connectivity index (χ1v) is 5.52. The molecule has 2 atom stereocenters. The van der Waals surface area contributed by atoms with Gasteiger partial charge in [-0.15, -0.1) is 0 Å². The SMILES string of the molecule is OCC1COCCN1CC1CCOCO1. The predicted octanol–water partition coefficient (Wildman–Crippen LogP) is -0.557. The monoisotopic (exact) mass is 217 g/mol. The Morgan fingerprint density at radius 1 is 1.27 bits per heavy atom. The van der Waals surface area contributed by atoms with Gasteiger partial charge < -0.3 is 19.3 Å². The van der Waals surface area contributed by atoms with Gasteiger partial charge in [-0.25, -0.2) is 0 Å². The van der Waals surface area contributed by atoms with E-state index in [0.717, 1.165) is 32.7 Å². The summed E-state index contributed by atoms with van der Waals surface area (Å²) in [6, 6.07) is 0.130.